The second-order valence-corrected chi connectivity index (χ2v) is 3.71. The summed E-state index contributed by atoms with van der Waals surface area (Å²) in [4.78, 5) is 3.93. The first-order valence-electron chi connectivity index (χ1n) is 4.27. The van der Waals surface area contributed by atoms with Gasteiger partial charge < -0.3 is 9.26 Å². The van der Waals surface area contributed by atoms with Gasteiger partial charge in [-0.1, -0.05) is 0 Å². The molecule has 0 spiro atoms. The van der Waals surface area contributed by atoms with Crippen molar-refractivity contribution in [3.05, 3.63) is 11.2 Å². The van der Waals surface area contributed by atoms with E-state index >= 15 is 0 Å². The van der Waals surface area contributed by atoms with Crippen molar-refractivity contribution in [1.29, 1.82) is 0 Å². The molecule has 0 amide bonds. The van der Waals surface area contributed by atoms with Gasteiger partial charge in [-0.3, -0.25) is 0 Å². The number of hydrogen-bond donors (Lipinski definition) is 0. The Hall–Kier alpha value is -0.610. The minimum Gasteiger partial charge on any atom is -0.378 e. The van der Waals surface area contributed by atoms with Crippen LogP contribution in [-0.2, 0) is 11.2 Å². The van der Waals surface area contributed by atoms with Crippen LogP contribution in [0.15, 0.2) is 4.52 Å². The molecule has 0 atom stereocenters. The van der Waals surface area contributed by atoms with Gasteiger partial charge in [0.25, 0.3) is 5.28 Å². The molecule has 1 heterocycles. The summed E-state index contributed by atoms with van der Waals surface area (Å²) in [5.41, 5.74) is -0.0735. The van der Waals surface area contributed by atoms with Gasteiger partial charge in [-0.2, -0.15) is 4.98 Å². The molecule has 0 aliphatic heterocycles. The number of rotatable bonds is 3. The molecule has 2 rings (SSSR count). The predicted molar refractivity (Wildman–Crippen MR) is 46.6 cm³/mol. The summed E-state index contributed by atoms with van der Waals surface area (Å²) >= 11 is 5.54. The van der Waals surface area contributed by atoms with Crippen LogP contribution in [0, 0.1) is 0 Å². The van der Waals surface area contributed by atoms with E-state index in [0.29, 0.717) is 12.3 Å². The first kappa shape index (κ1) is 8.97. The summed E-state index contributed by atoms with van der Waals surface area (Å²) in [6, 6.07) is 0. The molecule has 1 aromatic heterocycles. The first-order valence-corrected chi connectivity index (χ1v) is 4.65. The van der Waals surface area contributed by atoms with E-state index in [1.54, 1.807) is 7.11 Å². The lowest BCUT2D eigenvalue weighted by Gasteiger charge is -2.39. The van der Waals surface area contributed by atoms with Gasteiger partial charge in [-0.15, -0.1) is 0 Å². The Morgan fingerprint density at radius 3 is 2.77 bits per heavy atom. The summed E-state index contributed by atoms with van der Waals surface area (Å²) in [6.07, 6.45) is 3.99. The minimum atomic E-state index is -0.0735. The smallest absolute Gasteiger partial charge is 0.263 e. The van der Waals surface area contributed by atoms with Crippen LogP contribution in [-0.4, -0.2) is 22.9 Å². The molecule has 0 aromatic carbocycles. The van der Waals surface area contributed by atoms with Gasteiger partial charge >= 0.3 is 0 Å². The van der Waals surface area contributed by atoms with E-state index < -0.39 is 0 Å². The lowest BCUT2D eigenvalue weighted by atomic mass is 9.77. The summed E-state index contributed by atoms with van der Waals surface area (Å²) < 4.78 is 10.3. The van der Waals surface area contributed by atoms with Crippen LogP contribution in [0.2, 0.25) is 5.28 Å². The van der Waals surface area contributed by atoms with Crippen molar-refractivity contribution in [1.82, 2.24) is 10.1 Å². The SMILES string of the molecule is COC1(Cc2nc(Cl)no2)CCC1. The van der Waals surface area contributed by atoms with Crippen molar-refractivity contribution in [3.63, 3.8) is 0 Å². The van der Waals surface area contributed by atoms with Crippen molar-refractivity contribution >= 4 is 11.6 Å². The van der Waals surface area contributed by atoms with E-state index in [1.165, 1.54) is 6.42 Å². The van der Waals surface area contributed by atoms with Crippen molar-refractivity contribution in [2.45, 2.75) is 31.3 Å². The molecule has 5 heteroatoms. The lowest BCUT2D eigenvalue weighted by molar-refractivity contribution is -0.0751. The Morgan fingerprint density at radius 2 is 2.38 bits per heavy atom. The molecule has 13 heavy (non-hydrogen) atoms. The molecule has 0 radical (unpaired) electrons. The Bertz CT molecular complexity index is 291. The fourth-order valence-corrected chi connectivity index (χ4v) is 1.73. The van der Waals surface area contributed by atoms with Crippen LogP contribution in [0.5, 0.6) is 0 Å². The maximum absolute atomic E-state index is 5.54. The van der Waals surface area contributed by atoms with Crippen LogP contribution in [0.4, 0.5) is 0 Å². The standard InChI is InChI=1S/C8H11ClN2O2/c1-12-8(3-2-4-8)5-6-10-7(9)11-13-6/h2-5H2,1H3. The molecule has 1 saturated carbocycles. The third-order valence-electron chi connectivity index (χ3n) is 2.61. The molecule has 1 aliphatic carbocycles. The van der Waals surface area contributed by atoms with Crippen LogP contribution in [0.25, 0.3) is 0 Å². The quantitative estimate of drug-likeness (QED) is 0.751. The normalized spacial score (nSPS) is 19.8. The Morgan fingerprint density at radius 1 is 1.62 bits per heavy atom. The van der Waals surface area contributed by atoms with Crippen LogP contribution in [0.1, 0.15) is 25.2 Å². The van der Waals surface area contributed by atoms with Gasteiger partial charge in [0.05, 0.1) is 12.0 Å². The fourth-order valence-electron chi connectivity index (χ4n) is 1.61. The van der Waals surface area contributed by atoms with E-state index in [2.05, 4.69) is 10.1 Å². The second-order valence-electron chi connectivity index (χ2n) is 3.37. The topological polar surface area (TPSA) is 48.2 Å². The highest BCUT2D eigenvalue weighted by molar-refractivity contribution is 6.28. The maximum atomic E-state index is 5.54. The van der Waals surface area contributed by atoms with E-state index in [-0.39, 0.29) is 10.9 Å². The summed E-state index contributed by atoms with van der Waals surface area (Å²) in [5, 5.41) is 3.68. The minimum absolute atomic E-state index is 0.0735. The summed E-state index contributed by atoms with van der Waals surface area (Å²) in [5.74, 6) is 0.562. The van der Waals surface area contributed by atoms with Gasteiger partial charge in [0.15, 0.2) is 0 Å². The first-order chi connectivity index (χ1) is 6.24. The number of aromatic nitrogens is 2. The Labute approximate surface area is 81.2 Å². The molecule has 0 N–H and O–H groups in total. The van der Waals surface area contributed by atoms with E-state index in [9.17, 15) is 0 Å². The molecular formula is C8H11ClN2O2. The molecular weight excluding hydrogens is 192 g/mol. The lowest BCUT2D eigenvalue weighted by Crippen LogP contribution is -2.41. The number of hydrogen-bond acceptors (Lipinski definition) is 4. The van der Waals surface area contributed by atoms with E-state index in [1.807, 2.05) is 0 Å². The second kappa shape index (κ2) is 3.27. The van der Waals surface area contributed by atoms with Crippen LogP contribution < -0.4 is 0 Å². The average molecular weight is 203 g/mol. The third kappa shape index (κ3) is 1.69. The Kier molecular flexibility index (Phi) is 2.26. The highest BCUT2D eigenvalue weighted by Gasteiger charge is 2.38. The Balaban J connectivity index is 2.04. The molecule has 72 valence electrons. The molecule has 0 bridgehead atoms. The predicted octanol–water partition coefficient (Wildman–Crippen LogP) is 1.83. The summed E-state index contributed by atoms with van der Waals surface area (Å²) in [6.45, 7) is 0. The zero-order valence-electron chi connectivity index (χ0n) is 7.42. The van der Waals surface area contributed by atoms with Crippen molar-refractivity contribution in [2.24, 2.45) is 0 Å². The van der Waals surface area contributed by atoms with Gasteiger partial charge in [0.2, 0.25) is 5.89 Å². The molecule has 1 fully saturated rings. The molecule has 0 saturated heterocycles. The third-order valence-corrected chi connectivity index (χ3v) is 2.77. The molecule has 1 aliphatic rings. The van der Waals surface area contributed by atoms with Gasteiger partial charge in [-0.25, -0.2) is 0 Å². The van der Waals surface area contributed by atoms with Crippen molar-refractivity contribution < 1.29 is 9.26 Å². The number of ether oxygens (including phenoxy) is 1. The van der Waals surface area contributed by atoms with Gasteiger partial charge in [-0.05, 0) is 36.0 Å². The largest absolute Gasteiger partial charge is 0.378 e. The summed E-state index contributed by atoms with van der Waals surface area (Å²) in [7, 11) is 1.72. The average Bonchev–Trinajstić information content (AvgIpc) is 2.44. The zero-order valence-corrected chi connectivity index (χ0v) is 8.17. The van der Waals surface area contributed by atoms with Crippen molar-refractivity contribution in [2.75, 3.05) is 7.11 Å². The van der Waals surface area contributed by atoms with E-state index in [0.717, 1.165) is 12.8 Å². The molecule has 4 nitrogen and oxygen atoms in total. The van der Waals surface area contributed by atoms with Crippen molar-refractivity contribution in [3.8, 4) is 0 Å². The number of halogens is 1. The highest BCUT2D eigenvalue weighted by atomic mass is 35.5. The number of nitrogens with zero attached hydrogens (tertiary/aromatic N) is 2. The van der Waals surface area contributed by atoms with Crippen LogP contribution in [0.3, 0.4) is 0 Å². The monoisotopic (exact) mass is 202 g/mol. The van der Waals surface area contributed by atoms with Gasteiger partial charge in [0, 0.05) is 7.11 Å². The number of methoxy groups -OCH3 is 1. The fraction of sp³-hybridized carbons (Fsp3) is 0.750. The molecule has 0 unspecified atom stereocenters. The van der Waals surface area contributed by atoms with Crippen LogP contribution >= 0.6 is 11.6 Å². The highest BCUT2D eigenvalue weighted by Crippen LogP contribution is 2.37. The van der Waals surface area contributed by atoms with E-state index in [4.69, 9.17) is 20.9 Å². The maximum Gasteiger partial charge on any atom is 0.263 e. The van der Waals surface area contributed by atoms with Gasteiger partial charge in [0.1, 0.15) is 0 Å². The molecule has 1 aromatic rings. The zero-order chi connectivity index (χ0) is 9.31.